The van der Waals surface area contributed by atoms with Crippen LogP contribution in [0.4, 0.5) is 17.2 Å². The molecule has 8 nitrogen and oxygen atoms in total. The molecule has 31 heavy (non-hydrogen) atoms. The Kier molecular flexibility index (Phi) is 7.67. The van der Waals surface area contributed by atoms with E-state index < -0.39 is 0 Å². The molecule has 0 aliphatic heterocycles. The molecule has 2 aromatic carbocycles. The fraction of sp³-hybridized carbons (Fsp3) is 0.217. The van der Waals surface area contributed by atoms with E-state index in [0.717, 1.165) is 0 Å². The van der Waals surface area contributed by atoms with Crippen molar-refractivity contribution >= 4 is 23.1 Å². The van der Waals surface area contributed by atoms with Gasteiger partial charge in [0.15, 0.2) is 11.5 Å². The van der Waals surface area contributed by atoms with Crippen molar-refractivity contribution in [3.63, 3.8) is 0 Å². The number of aromatic nitrogens is 1. The largest absolute Gasteiger partial charge is 0.495 e. The quantitative estimate of drug-likeness (QED) is 0.474. The number of para-hydroxylation sites is 2. The van der Waals surface area contributed by atoms with Crippen LogP contribution in [0.3, 0.4) is 0 Å². The summed E-state index contributed by atoms with van der Waals surface area (Å²) in [7, 11) is 4.74. The third kappa shape index (κ3) is 5.64. The lowest BCUT2D eigenvalue weighted by Gasteiger charge is -2.15. The van der Waals surface area contributed by atoms with E-state index in [1.165, 1.54) is 0 Å². The molecule has 0 aliphatic carbocycles. The van der Waals surface area contributed by atoms with Gasteiger partial charge < -0.3 is 29.6 Å². The number of carbonyl (C=O) groups excluding carboxylic acids is 1. The maximum Gasteiger partial charge on any atom is 0.259 e. The summed E-state index contributed by atoms with van der Waals surface area (Å²) in [4.78, 5) is 17.3. The van der Waals surface area contributed by atoms with Gasteiger partial charge >= 0.3 is 0 Å². The summed E-state index contributed by atoms with van der Waals surface area (Å²) >= 11 is 0. The third-order valence-corrected chi connectivity index (χ3v) is 4.38. The third-order valence-electron chi connectivity index (χ3n) is 4.38. The molecule has 1 aromatic heterocycles. The zero-order valence-corrected chi connectivity index (χ0v) is 17.7. The Balaban J connectivity index is 1.80. The van der Waals surface area contributed by atoms with Crippen molar-refractivity contribution in [3.05, 3.63) is 66.4 Å². The second kappa shape index (κ2) is 10.8. The fourth-order valence-corrected chi connectivity index (χ4v) is 2.86. The smallest absolute Gasteiger partial charge is 0.259 e. The van der Waals surface area contributed by atoms with Crippen LogP contribution >= 0.6 is 0 Å². The minimum absolute atomic E-state index is 0.321. The van der Waals surface area contributed by atoms with Crippen molar-refractivity contribution in [2.45, 2.75) is 0 Å². The molecule has 0 saturated heterocycles. The van der Waals surface area contributed by atoms with Gasteiger partial charge in [-0.25, -0.2) is 4.98 Å². The van der Waals surface area contributed by atoms with E-state index in [0.29, 0.717) is 53.2 Å². The number of methoxy groups -OCH3 is 3. The van der Waals surface area contributed by atoms with Gasteiger partial charge in [-0.05, 0) is 36.4 Å². The van der Waals surface area contributed by atoms with Gasteiger partial charge in [-0.2, -0.15) is 0 Å². The summed E-state index contributed by atoms with van der Waals surface area (Å²) in [6.07, 6.45) is 1.61. The lowest BCUT2D eigenvalue weighted by atomic mass is 10.2. The molecular formula is C23H25N3O5. The van der Waals surface area contributed by atoms with Crippen LogP contribution in [-0.4, -0.2) is 45.4 Å². The monoisotopic (exact) mass is 423 g/mol. The number of hydrogen-bond donors (Lipinski definition) is 2. The summed E-state index contributed by atoms with van der Waals surface area (Å²) < 4.78 is 21.4. The van der Waals surface area contributed by atoms with E-state index >= 15 is 0 Å². The number of ether oxygens (including phenoxy) is 4. The highest BCUT2D eigenvalue weighted by Gasteiger charge is 2.15. The number of nitrogens with zero attached hydrogens (tertiary/aromatic N) is 1. The van der Waals surface area contributed by atoms with E-state index in [4.69, 9.17) is 18.9 Å². The summed E-state index contributed by atoms with van der Waals surface area (Å²) in [6, 6.07) is 16.0. The zero-order chi connectivity index (χ0) is 22.1. The minimum Gasteiger partial charge on any atom is -0.495 e. The van der Waals surface area contributed by atoms with Gasteiger partial charge in [-0.3, -0.25) is 4.79 Å². The van der Waals surface area contributed by atoms with Crippen molar-refractivity contribution in [3.8, 4) is 17.2 Å². The summed E-state index contributed by atoms with van der Waals surface area (Å²) in [5.74, 6) is 1.81. The summed E-state index contributed by atoms with van der Waals surface area (Å²) in [5.41, 5.74) is 1.65. The maximum absolute atomic E-state index is 13.0. The Morgan fingerprint density at radius 1 is 0.903 bits per heavy atom. The molecule has 2 N–H and O–H groups in total. The molecule has 0 aliphatic rings. The number of rotatable bonds is 10. The molecule has 0 radical (unpaired) electrons. The van der Waals surface area contributed by atoms with Gasteiger partial charge in [-0.15, -0.1) is 0 Å². The molecule has 8 heteroatoms. The molecule has 0 bridgehead atoms. The van der Waals surface area contributed by atoms with E-state index in [2.05, 4.69) is 15.6 Å². The predicted molar refractivity (Wildman–Crippen MR) is 119 cm³/mol. The average Bonchev–Trinajstić information content (AvgIpc) is 2.80. The first-order chi connectivity index (χ1) is 15.2. The van der Waals surface area contributed by atoms with Crippen molar-refractivity contribution in [1.29, 1.82) is 0 Å². The van der Waals surface area contributed by atoms with E-state index in [1.807, 2.05) is 24.3 Å². The Morgan fingerprint density at radius 3 is 2.48 bits per heavy atom. The second-order valence-electron chi connectivity index (χ2n) is 6.39. The predicted octanol–water partition coefficient (Wildman–Crippen LogP) is 4.12. The van der Waals surface area contributed by atoms with Gasteiger partial charge in [0.05, 0.1) is 32.1 Å². The standard InChI is InChI=1S/C23H25N3O5/c1-28-13-14-31-21-15-16(10-11-20(21)30-3)25-23(27)17-7-6-12-24-22(17)26-18-8-4-5-9-19(18)29-2/h4-12,15H,13-14H2,1-3H3,(H,24,26)(H,25,27). The number of pyridine rings is 1. The lowest BCUT2D eigenvalue weighted by Crippen LogP contribution is -2.15. The van der Waals surface area contributed by atoms with Crippen LogP contribution in [0, 0.1) is 0 Å². The van der Waals surface area contributed by atoms with Crippen molar-refractivity contribution in [2.24, 2.45) is 0 Å². The molecule has 162 valence electrons. The molecule has 3 rings (SSSR count). The first kappa shape index (κ1) is 21.9. The fourth-order valence-electron chi connectivity index (χ4n) is 2.86. The molecule has 0 unspecified atom stereocenters. The molecule has 1 heterocycles. The molecule has 0 spiro atoms. The molecular weight excluding hydrogens is 398 g/mol. The summed E-state index contributed by atoms with van der Waals surface area (Å²) in [5, 5.41) is 6.05. The summed E-state index contributed by atoms with van der Waals surface area (Å²) in [6.45, 7) is 0.799. The SMILES string of the molecule is COCCOc1cc(NC(=O)c2cccnc2Nc2ccccc2OC)ccc1OC. The number of amides is 1. The van der Waals surface area contributed by atoms with Crippen LogP contribution in [0.2, 0.25) is 0 Å². The van der Waals surface area contributed by atoms with Crippen LogP contribution in [0.5, 0.6) is 17.2 Å². The van der Waals surface area contributed by atoms with Crippen molar-refractivity contribution in [2.75, 3.05) is 45.2 Å². The molecule has 0 saturated carbocycles. The Hall–Kier alpha value is -3.78. The van der Waals surface area contributed by atoms with E-state index in [-0.39, 0.29) is 5.91 Å². The number of benzene rings is 2. The molecule has 3 aromatic rings. The van der Waals surface area contributed by atoms with E-state index in [9.17, 15) is 4.79 Å². The minimum atomic E-state index is -0.321. The Morgan fingerprint density at radius 2 is 1.71 bits per heavy atom. The highest BCUT2D eigenvalue weighted by atomic mass is 16.5. The number of hydrogen-bond acceptors (Lipinski definition) is 7. The normalized spacial score (nSPS) is 10.3. The zero-order valence-electron chi connectivity index (χ0n) is 17.7. The van der Waals surface area contributed by atoms with Crippen LogP contribution in [0.25, 0.3) is 0 Å². The van der Waals surface area contributed by atoms with Crippen LogP contribution in [0.1, 0.15) is 10.4 Å². The number of nitrogens with one attached hydrogen (secondary N) is 2. The van der Waals surface area contributed by atoms with Crippen LogP contribution in [-0.2, 0) is 4.74 Å². The molecule has 0 fully saturated rings. The number of carbonyl (C=O) groups is 1. The van der Waals surface area contributed by atoms with Crippen LogP contribution in [0.15, 0.2) is 60.8 Å². The van der Waals surface area contributed by atoms with Gasteiger partial charge in [0.25, 0.3) is 5.91 Å². The highest BCUT2D eigenvalue weighted by Crippen LogP contribution is 2.31. The van der Waals surface area contributed by atoms with Gasteiger partial charge in [0.1, 0.15) is 18.2 Å². The second-order valence-corrected chi connectivity index (χ2v) is 6.39. The first-order valence-electron chi connectivity index (χ1n) is 9.62. The number of anilines is 3. The van der Waals surface area contributed by atoms with Gasteiger partial charge in [0.2, 0.25) is 0 Å². The highest BCUT2D eigenvalue weighted by molar-refractivity contribution is 6.08. The van der Waals surface area contributed by atoms with Crippen molar-refractivity contribution in [1.82, 2.24) is 4.98 Å². The average molecular weight is 423 g/mol. The van der Waals surface area contributed by atoms with Crippen molar-refractivity contribution < 1.29 is 23.7 Å². The topological polar surface area (TPSA) is 90.9 Å². The van der Waals surface area contributed by atoms with Gasteiger partial charge in [-0.1, -0.05) is 12.1 Å². The lowest BCUT2D eigenvalue weighted by molar-refractivity contribution is 0.102. The molecule has 1 amide bonds. The van der Waals surface area contributed by atoms with E-state index in [1.54, 1.807) is 57.9 Å². The Bertz CT molecular complexity index is 1030. The maximum atomic E-state index is 13.0. The first-order valence-corrected chi connectivity index (χ1v) is 9.62. The molecule has 0 atom stereocenters. The Labute approximate surface area is 181 Å². The van der Waals surface area contributed by atoms with Crippen LogP contribution < -0.4 is 24.8 Å². The van der Waals surface area contributed by atoms with Gasteiger partial charge in [0, 0.05) is 25.1 Å².